The van der Waals surface area contributed by atoms with Crippen molar-refractivity contribution in [2.75, 3.05) is 13.2 Å². The highest BCUT2D eigenvalue weighted by molar-refractivity contribution is 5.14. The fraction of sp³-hybridized carbons (Fsp3) is 0.500. The Morgan fingerprint density at radius 2 is 1.32 bits per heavy atom. The maximum Gasteiger partial charge on any atom is 0.172 e. The molecule has 4 heteroatoms. The lowest BCUT2D eigenvalue weighted by molar-refractivity contribution is -0.191. The van der Waals surface area contributed by atoms with Gasteiger partial charge in [-0.15, -0.1) is 0 Å². The molecule has 0 bridgehead atoms. The third-order valence-corrected chi connectivity index (χ3v) is 6.25. The Morgan fingerprint density at radius 1 is 0.786 bits per heavy atom. The number of rotatable bonds is 8. The number of hydrogen-bond donors (Lipinski definition) is 0. The van der Waals surface area contributed by atoms with E-state index in [2.05, 4.69) is 24.3 Å². The van der Waals surface area contributed by atoms with Gasteiger partial charge in [-0.25, -0.2) is 0 Å². The molecule has 0 N–H and O–H groups in total. The fourth-order valence-electron chi connectivity index (χ4n) is 4.68. The molecule has 5 rings (SSSR count). The molecule has 0 aromatic heterocycles. The molecule has 2 aliphatic carbocycles. The van der Waals surface area contributed by atoms with Gasteiger partial charge in [-0.2, -0.15) is 0 Å². The Bertz CT molecular complexity index is 709. The van der Waals surface area contributed by atoms with Gasteiger partial charge < -0.3 is 18.9 Å². The van der Waals surface area contributed by atoms with Crippen LogP contribution in [0.5, 0.6) is 0 Å². The third-order valence-electron chi connectivity index (χ3n) is 6.25. The van der Waals surface area contributed by atoms with Gasteiger partial charge in [0.1, 0.15) is 12.2 Å². The van der Waals surface area contributed by atoms with Crippen LogP contribution in [0, 0.1) is 11.8 Å². The van der Waals surface area contributed by atoms with Crippen LogP contribution in [-0.2, 0) is 32.2 Å². The van der Waals surface area contributed by atoms with Crippen LogP contribution in [0.2, 0.25) is 0 Å². The molecule has 4 nitrogen and oxygen atoms in total. The summed E-state index contributed by atoms with van der Waals surface area (Å²) in [7, 11) is 0. The topological polar surface area (TPSA) is 36.9 Å². The first kappa shape index (κ1) is 18.3. The quantitative estimate of drug-likeness (QED) is 0.683. The number of hydrogen-bond acceptors (Lipinski definition) is 4. The van der Waals surface area contributed by atoms with Crippen molar-refractivity contribution in [1.29, 1.82) is 0 Å². The zero-order chi connectivity index (χ0) is 18.8. The fourth-order valence-corrected chi connectivity index (χ4v) is 4.68. The molecule has 2 aromatic carbocycles. The molecule has 28 heavy (non-hydrogen) atoms. The average Bonchev–Trinajstić information content (AvgIpc) is 3.35. The Kier molecular flexibility index (Phi) is 5.20. The van der Waals surface area contributed by atoms with Crippen LogP contribution < -0.4 is 0 Å². The highest BCUT2D eigenvalue weighted by atomic mass is 16.8. The zero-order valence-corrected chi connectivity index (χ0v) is 16.2. The first-order valence-corrected chi connectivity index (χ1v) is 10.4. The van der Waals surface area contributed by atoms with E-state index in [1.54, 1.807) is 0 Å². The van der Waals surface area contributed by atoms with Crippen molar-refractivity contribution in [2.24, 2.45) is 11.8 Å². The molecule has 4 atom stereocenters. The second-order valence-electron chi connectivity index (χ2n) is 8.27. The second kappa shape index (κ2) is 7.96. The molecule has 3 aliphatic rings. The summed E-state index contributed by atoms with van der Waals surface area (Å²) in [6.45, 7) is 2.26. The van der Waals surface area contributed by atoms with Gasteiger partial charge in [-0.05, 0) is 29.9 Å². The smallest absolute Gasteiger partial charge is 0.172 e. The molecule has 1 aliphatic heterocycles. The highest BCUT2D eigenvalue weighted by Gasteiger charge is 2.64. The molecule has 1 heterocycles. The molecule has 2 saturated carbocycles. The summed E-state index contributed by atoms with van der Waals surface area (Å²) >= 11 is 0. The van der Waals surface area contributed by atoms with Gasteiger partial charge in [-0.3, -0.25) is 0 Å². The molecule has 1 saturated heterocycles. The van der Waals surface area contributed by atoms with Crippen LogP contribution >= 0.6 is 0 Å². The number of benzene rings is 2. The first-order valence-electron chi connectivity index (χ1n) is 10.4. The van der Waals surface area contributed by atoms with E-state index in [-0.39, 0.29) is 18.0 Å². The van der Waals surface area contributed by atoms with Gasteiger partial charge in [0, 0.05) is 12.3 Å². The zero-order valence-electron chi connectivity index (χ0n) is 16.2. The molecule has 0 amide bonds. The van der Waals surface area contributed by atoms with E-state index in [1.165, 1.54) is 24.0 Å². The maximum absolute atomic E-state index is 6.49. The Balaban J connectivity index is 1.18. The van der Waals surface area contributed by atoms with Crippen molar-refractivity contribution in [3.05, 3.63) is 71.8 Å². The van der Waals surface area contributed by atoms with Crippen LogP contribution in [0.15, 0.2) is 60.7 Å². The lowest BCUT2D eigenvalue weighted by Crippen LogP contribution is -2.31. The minimum Gasteiger partial charge on any atom is -0.374 e. The van der Waals surface area contributed by atoms with Crippen LogP contribution in [0.25, 0.3) is 0 Å². The molecular formula is C24H28O4. The summed E-state index contributed by atoms with van der Waals surface area (Å²) in [5, 5.41) is 0. The lowest BCUT2D eigenvalue weighted by Gasteiger charge is -2.24. The van der Waals surface area contributed by atoms with Crippen molar-refractivity contribution >= 4 is 0 Å². The second-order valence-corrected chi connectivity index (χ2v) is 8.27. The summed E-state index contributed by atoms with van der Waals surface area (Å²) in [5.74, 6) is 0.991. The Morgan fingerprint density at radius 3 is 1.75 bits per heavy atom. The van der Waals surface area contributed by atoms with Gasteiger partial charge in [-0.1, -0.05) is 60.7 Å². The predicted octanol–water partition coefficient (Wildman–Crippen LogP) is 4.33. The minimum absolute atomic E-state index is 0.0705. The van der Waals surface area contributed by atoms with E-state index < -0.39 is 0 Å². The van der Waals surface area contributed by atoms with Crippen molar-refractivity contribution in [2.45, 2.75) is 50.5 Å². The first-order chi connectivity index (χ1) is 13.8. The number of ether oxygens (including phenoxy) is 4. The molecular weight excluding hydrogens is 352 g/mol. The molecule has 1 spiro atoms. The van der Waals surface area contributed by atoms with Crippen molar-refractivity contribution < 1.29 is 18.9 Å². The standard InChI is InChI=1S/C24H28O4/c1-3-7-18(8-4-1)14-25-16-22-23(17-26-15-19-9-5-2-6-10-19)28-24(27-22)12-11-20-13-21(20)24/h1-10,20-23H,11-17H2/t20-,21+,22-,23-/m0/s1. The van der Waals surface area contributed by atoms with Crippen LogP contribution in [0.1, 0.15) is 30.4 Å². The summed E-state index contributed by atoms with van der Waals surface area (Å²) in [5.41, 5.74) is 2.35. The van der Waals surface area contributed by atoms with Gasteiger partial charge >= 0.3 is 0 Å². The average molecular weight is 380 g/mol. The minimum atomic E-state index is -0.383. The van der Waals surface area contributed by atoms with E-state index in [0.29, 0.717) is 32.3 Å². The summed E-state index contributed by atoms with van der Waals surface area (Å²) in [6.07, 6.45) is 3.33. The van der Waals surface area contributed by atoms with E-state index in [1.807, 2.05) is 36.4 Å². The molecule has 2 aromatic rings. The Labute approximate surface area is 166 Å². The van der Waals surface area contributed by atoms with E-state index in [9.17, 15) is 0 Å². The predicted molar refractivity (Wildman–Crippen MR) is 106 cm³/mol. The normalized spacial score (nSPS) is 29.9. The Hall–Kier alpha value is -1.72. The highest BCUT2D eigenvalue weighted by Crippen LogP contribution is 2.62. The SMILES string of the molecule is c1ccc(COC[C@@H]2OC3(CC[C@H]4C[C@H]43)O[C@H]2COCc2ccccc2)cc1. The van der Waals surface area contributed by atoms with Crippen molar-refractivity contribution in [3.8, 4) is 0 Å². The van der Waals surface area contributed by atoms with Crippen molar-refractivity contribution in [1.82, 2.24) is 0 Å². The largest absolute Gasteiger partial charge is 0.374 e. The summed E-state index contributed by atoms with van der Waals surface area (Å²) in [4.78, 5) is 0. The maximum atomic E-state index is 6.49. The van der Waals surface area contributed by atoms with Crippen LogP contribution in [-0.4, -0.2) is 31.2 Å². The molecule has 3 fully saturated rings. The van der Waals surface area contributed by atoms with Crippen molar-refractivity contribution in [3.63, 3.8) is 0 Å². The van der Waals surface area contributed by atoms with Gasteiger partial charge in [0.25, 0.3) is 0 Å². The summed E-state index contributed by atoms with van der Waals surface area (Å²) in [6, 6.07) is 20.5. The third kappa shape index (κ3) is 3.87. The lowest BCUT2D eigenvalue weighted by atomic mass is 10.1. The van der Waals surface area contributed by atoms with E-state index >= 15 is 0 Å². The van der Waals surface area contributed by atoms with Crippen LogP contribution in [0.3, 0.4) is 0 Å². The molecule has 148 valence electrons. The monoisotopic (exact) mass is 380 g/mol. The summed E-state index contributed by atoms with van der Waals surface area (Å²) < 4.78 is 25.0. The van der Waals surface area contributed by atoms with E-state index in [4.69, 9.17) is 18.9 Å². The molecule has 0 unspecified atom stereocenters. The van der Waals surface area contributed by atoms with E-state index in [0.717, 1.165) is 12.3 Å². The van der Waals surface area contributed by atoms with Gasteiger partial charge in [0.2, 0.25) is 0 Å². The van der Waals surface area contributed by atoms with Gasteiger partial charge in [0.15, 0.2) is 5.79 Å². The molecule has 0 radical (unpaired) electrons. The number of fused-ring (bicyclic) bond motifs is 2. The van der Waals surface area contributed by atoms with Crippen LogP contribution in [0.4, 0.5) is 0 Å². The van der Waals surface area contributed by atoms with Gasteiger partial charge in [0.05, 0.1) is 26.4 Å².